The van der Waals surface area contributed by atoms with E-state index in [1.165, 1.54) is 19.3 Å². The van der Waals surface area contributed by atoms with E-state index in [0.29, 0.717) is 6.54 Å². The molecule has 4 N–H and O–H groups in total. The van der Waals surface area contributed by atoms with Crippen LogP contribution in [0, 0.1) is 5.41 Å². The minimum Gasteiger partial charge on any atom is -0.396 e. The summed E-state index contributed by atoms with van der Waals surface area (Å²) in [6.45, 7) is 2.66. The molecule has 1 aliphatic carbocycles. The molecule has 96 valence electrons. The molecule has 0 amide bonds. The Morgan fingerprint density at radius 1 is 1.19 bits per heavy atom. The summed E-state index contributed by atoms with van der Waals surface area (Å²) in [6, 6.07) is 0. The minimum atomic E-state index is -1.06. The monoisotopic (exact) mass is 231 g/mol. The quantitative estimate of drug-likeness (QED) is 0.529. The van der Waals surface area contributed by atoms with Crippen LogP contribution in [0.1, 0.15) is 39.0 Å². The highest BCUT2D eigenvalue weighted by molar-refractivity contribution is 4.85. The Morgan fingerprint density at radius 2 is 1.81 bits per heavy atom. The summed E-state index contributed by atoms with van der Waals surface area (Å²) in [5.41, 5.74) is -1.07. The highest BCUT2D eigenvalue weighted by atomic mass is 16.3. The highest BCUT2D eigenvalue weighted by Gasteiger charge is 2.31. The van der Waals surface area contributed by atoms with E-state index in [1.807, 2.05) is 0 Å². The Kier molecular flexibility index (Phi) is 5.18. The van der Waals surface area contributed by atoms with E-state index in [-0.39, 0.29) is 18.6 Å². The summed E-state index contributed by atoms with van der Waals surface area (Å²) >= 11 is 0. The second-order valence-electron chi connectivity index (χ2n) is 5.48. The lowest BCUT2D eigenvalue weighted by Crippen LogP contribution is -2.46. The zero-order valence-electron chi connectivity index (χ0n) is 10.2. The van der Waals surface area contributed by atoms with E-state index in [1.54, 1.807) is 6.92 Å². The summed E-state index contributed by atoms with van der Waals surface area (Å²) < 4.78 is 0. The fraction of sp³-hybridized carbons (Fsp3) is 1.00. The third-order valence-electron chi connectivity index (χ3n) is 3.60. The largest absolute Gasteiger partial charge is 0.396 e. The molecule has 16 heavy (non-hydrogen) atoms. The van der Waals surface area contributed by atoms with Crippen LogP contribution in [0.15, 0.2) is 0 Å². The van der Waals surface area contributed by atoms with Gasteiger partial charge >= 0.3 is 0 Å². The predicted molar refractivity (Wildman–Crippen MR) is 63.2 cm³/mol. The van der Waals surface area contributed by atoms with Crippen molar-refractivity contribution in [3.8, 4) is 0 Å². The third kappa shape index (κ3) is 4.01. The molecule has 0 heterocycles. The molecule has 1 saturated carbocycles. The number of nitrogens with one attached hydrogen (secondary N) is 1. The maximum atomic E-state index is 9.63. The average Bonchev–Trinajstić information content (AvgIpc) is 2.30. The van der Waals surface area contributed by atoms with Gasteiger partial charge in [0.05, 0.1) is 12.2 Å². The molecule has 1 aliphatic rings. The normalized spacial score (nSPS) is 24.0. The summed E-state index contributed by atoms with van der Waals surface area (Å²) in [5.74, 6) is 0. The molecule has 1 fully saturated rings. The SMILES string of the molecule is CC(O)(CO)CNCC1(CO)CCCCC1. The van der Waals surface area contributed by atoms with Crippen LogP contribution in [0.5, 0.6) is 0 Å². The van der Waals surface area contributed by atoms with Gasteiger partial charge < -0.3 is 20.6 Å². The smallest absolute Gasteiger partial charge is 0.0972 e. The molecule has 0 aromatic rings. The maximum absolute atomic E-state index is 9.63. The lowest BCUT2D eigenvalue weighted by molar-refractivity contribution is -0.00276. The van der Waals surface area contributed by atoms with Crippen molar-refractivity contribution in [2.45, 2.75) is 44.6 Å². The first-order valence-electron chi connectivity index (χ1n) is 6.18. The van der Waals surface area contributed by atoms with Crippen LogP contribution in [0.2, 0.25) is 0 Å². The summed E-state index contributed by atoms with van der Waals surface area (Å²) in [6.07, 6.45) is 5.73. The van der Waals surface area contributed by atoms with E-state index in [0.717, 1.165) is 19.4 Å². The van der Waals surface area contributed by atoms with Crippen LogP contribution in [0.3, 0.4) is 0 Å². The van der Waals surface area contributed by atoms with E-state index in [4.69, 9.17) is 5.11 Å². The highest BCUT2D eigenvalue weighted by Crippen LogP contribution is 2.35. The second kappa shape index (κ2) is 5.96. The lowest BCUT2D eigenvalue weighted by atomic mass is 9.74. The van der Waals surface area contributed by atoms with Gasteiger partial charge in [-0.05, 0) is 19.8 Å². The Hall–Kier alpha value is -0.160. The maximum Gasteiger partial charge on any atom is 0.0972 e. The molecule has 4 nitrogen and oxygen atoms in total. The van der Waals surface area contributed by atoms with Crippen LogP contribution in [-0.2, 0) is 0 Å². The molecule has 0 saturated heterocycles. The molecule has 0 spiro atoms. The first-order valence-corrected chi connectivity index (χ1v) is 6.18. The van der Waals surface area contributed by atoms with Gasteiger partial charge in [0.2, 0.25) is 0 Å². The first-order chi connectivity index (χ1) is 7.54. The third-order valence-corrected chi connectivity index (χ3v) is 3.60. The number of hydrogen-bond donors (Lipinski definition) is 4. The van der Waals surface area contributed by atoms with Gasteiger partial charge in [-0.3, -0.25) is 0 Å². The minimum absolute atomic E-state index is 0.0101. The van der Waals surface area contributed by atoms with Crippen molar-refractivity contribution in [1.29, 1.82) is 0 Å². The number of aliphatic hydroxyl groups excluding tert-OH is 2. The molecule has 1 atom stereocenters. The molecule has 0 aromatic heterocycles. The zero-order chi connectivity index (χ0) is 12.1. The van der Waals surface area contributed by atoms with Gasteiger partial charge in [-0.1, -0.05) is 19.3 Å². The first kappa shape index (κ1) is 13.9. The van der Waals surface area contributed by atoms with Crippen molar-refractivity contribution in [3.63, 3.8) is 0 Å². The van der Waals surface area contributed by atoms with Gasteiger partial charge in [0.1, 0.15) is 0 Å². The van der Waals surface area contributed by atoms with Crippen LogP contribution in [0.25, 0.3) is 0 Å². The van der Waals surface area contributed by atoms with Crippen molar-refractivity contribution in [2.75, 3.05) is 26.3 Å². The Morgan fingerprint density at radius 3 is 2.31 bits per heavy atom. The number of rotatable bonds is 6. The Balaban J connectivity index is 2.33. The number of hydrogen-bond acceptors (Lipinski definition) is 4. The topological polar surface area (TPSA) is 72.7 Å². The van der Waals surface area contributed by atoms with E-state index in [9.17, 15) is 10.2 Å². The fourth-order valence-electron chi connectivity index (χ4n) is 2.35. The zero-order valence-corrected chi connectivity index (χ0v) is 10.2. The molecule has 0 bridgehead atoms. The van der Waals surface area contributed by atoms with Crippen LogP contribution < -0.4 is 5.32 Å². The van der Waals surface area contributed by atoms with Gasteiger partial charge in [0.25, 0.3) is 0 Å². The van der Waals surface area contributed by atoms with E-state index >= 15 is 0 Å². The molecule has 0 radical (unpaired) electrons. The van der Waals surface area contributed by atoms with Gasteiger partial charge in [-0.15, -0.1) is 0 Å². The van der Waals surface area contributed by atoms with Gasteiger partial charge in [-0.25, -0.2) is 0 Å². The van der Waals surface area contributed by atoms with Gasteiger partial charge in [0.15, 0.2) is 0 Å². The Labute approximate surface area is 97.7 Å². The summed E-state index contributed by atoms with van der Waals surface area (Å²) in [7, 11) is 0. The molecule has 1 unspecified atom stereocenters. The van der Waals surface area contributed by atoms with Crippen molar-refractivity contribution in [3.05, 3.63) is 0 Å². The van der Waals surface area contributed by atoms with Crippen molar-refractivity contribution in [2.24, 2.45) is 5.41 Å². The molecular weight excluding hydrogens is 206 g/mol. The molecule has 4 heteroatoms. The van der Waals surface area contributed by atoms with Gasteiger partial charge in [-0.2, -0.15) is 0 Å². The van der Waals surface area contributed by atoms with Crippen LogP contribution in [0.4, 0.5) is 0 Å². The molecule has 0 aromatic carbocycles. The number of aliphatic hydroxyl groups is 3. The molecular formula is C12H25NO3. The fourth-order valence-corrected chi connectivity index (χ4v) is 2.35. The summed E-state index contributed by atoms with van der Waals surface area (Å²) in [5, 5.41) is 31.2. The van der Waals surface area contributed by atoms with Gasteiger partial charge in [0, 0.05) is 25.1 Å². The summed E-state index contributed by atoms with van der Waals surface area (Å²) in [4.78, 5) is 0. The van der Waals surface area contributed by atoms with Crippen LogP contribution >= 0.6 is 0 Å². The average molecular weight is 231 g/mol. The van der Waals surface area contributed by atoms with E-state index in [2.05, 4.69) is 5.32 Å². The lowest BCUT2D eigenvalue weighted by Gasteiger charge is -2.36. The molecule has 1 rings (SSSR count). The van der Waals surface area contributed by atoms with Crippen molar-refractivity contribution >= 4 is 0 Å². The van der Waals surface area contributed by atoms with Crippen LogP contribution in [-0.4, -0.2) is 47.2 Å². The Bertz CT molecular complexity index is 200. The van der Waals surface area contributed by atoms with Crippen molar-refractivity contribution in [1.82, 2.24) is 5.32 Å². The van der Waals surface area contributed by atoms with Crippen molar-refractivity contribution < 1.29 is 15.3 Å². The standard InChI is InChI=1S/C12H25NO3/c1-11(16,9-14)7-13-8-12(10-15)5-3-2-4-6-12/h13-16H,2-10H2,1H3. The van der Waals surface area contributed by atoms with E-state index < -0.39 is 5.60 Å². The second-order valence-corrected chi connectivity index (χ2v) is 5.48. The predicted octanol–water partition coefficient (Wildman–Crippen LogP) is 0.262. The molecule has 0 aliphatic heterocycles.